The molecule has 0 radical (unpaired) electrons. The molecule has 29 heavy (non-hydrogen) atoms. The van der Waals surface area contributed by atoms with E-state index in [0.717, 1.165) is 17.0 Å². The highest BCUT2D eigenvalue weighted by Crippen LogP contribution is 2.16. The monoisotopic (exact) mass is 390 g/mol. The Morgan fingerprint density at radius 1 is 0.897 bits per heavy atom. The summed E-state index contributed by atoms with van der Waals surface area (Å²) >= 11 is 0. The van der Waals surface area contributed by atoms with Crippen LogP contribution in [0.3, 0.4) is 0 Å². The predicted octanol–water partition coefficient (Wildman–Crippen LogP) is 3.91. The fourth-order valence-electron chi connectivity index (χ4n) is 2.65. The normalized spacial score (nSPS) is 10.1. The molecule has 2 amide bonds. The maximum absolute atomic E-state index is 12.5. The number of benzene rings is 2. The first-order valence-corrected chi connectivity index (χ1v) is 9.05. The number of hydrogen-bond acceptors (Lipinski definition) is 5. The zero-order valence-electron chi connectivity index (χ0n) is 16.2. The van der Waals surface area contributed by atoms with E-state index < -0.39 is 0 Å². The second kappa shape index (κ2) is 9.36. The van der Waals surface area contributed by atoms with E-state index in [0.29, 0.717) is 23.6 Å². The molecule has 3 rings (SSSR count). The highest BCUT2D eigenvalue weighted by molar-refractivity contribution is 6.03. The number of pyridine rings is 1. The third-order valence-electron chi connectivity index (χ3n) is 4.11. The molecule has 2 aromatic carbocycles. The minimum atomic E-state index is -0.314. The zero-order valence-corrected chi connectivity index (χ0v) is 16.2. The van der Waals surface area contributed by atoms with Crippen LogP contribution in [0.1, 0.15) is 23.0 Å². The van der Waals surface area contributed by atoms with Crippen LogP contribution in [0.25, 0.3) is 0 Å². The Kier molecular flexibility index (Phi) is 6.42. The van der Waals surface area contributed by atoms with Crippen molar-refractivity contribution in [3.63, 3.8) is 0 Å². The van der Waals surface area contributed by atoms with Gasteiger partial charge in [-0.05, 0) is 54.1 Å². The molecule has 0 saturated carbocycles. The number of methoxy groups -OCH3 is 1. The predicted molar refractivity (Wildman–Crippen MR) is 113 cm³/mol. The van der Waals surface area contributed by atoms with Gasteiger partial charge < -0.3 is 20.7 Å². The van der Waals surface area contributed by atoms with Crippen LogP contribution in [-0.4, -0.2) is 23.9 Å². The summed E-state index contributed by atoms with van der Waals surface area (Å²) in [7, 11) is 1.63. The standard InChI is InChI=1S/C22H22N4O3/c1-15(27)25-17-5-7-18(8-6-17)26-22(28)21-13-19(11-12-23-21)24-14-16-3-9-20(29-2)10-4-16/h3-13H,14H2,1-2H3,(H,23,24)(H,25,27)(H,26,28). The van der Waals surface area contributed by atoms with Crippen LogP contribution in [-0.2, 0) is 11.3 Å². The quantitative estimate of drug-likeness (QED) is 0.569. The highest BCUT2D eigenvalue weighted by atomic mass is 16.5. The van der Waals surface area contributed by atoms with Crippen LogP contribution < -0.4 is 20.7 Å². The Bertz CT molecular complexity index is 986. The fraction of sp³-hybridized carbons (Fsp3) is 0.136. The smallest absolute Gasteiger partial charge is 0.274 e. The van der Waals surface area contributed by atoms with Crippen molar-refractivity contribution in [3.8, 4) is 5.75 Å². The van der Waals surface area contributed by atoms with Crippen LogP contribution in [0.15, 0.2) is 66.9 Å². The van der Waals surface area contributed by atoms with Crippen molar-refractivity contribution in [2.45, 2.75) is 13.5 Å². The van der Waals surface area contributed by atoms with E-state index in [1.807, 2.05) is 30.3 Å². The minimum absolute atomic E-state index is 0.148. The van der Waals surface area contributed by atoms with E-state index in [4.69, 9.17) is 4.74 Å². The average Bonchev–Trinajstić information content (AvgIpc) is 2.74. The van der Waals surface area contributed by atoms with Gasteiger partial charge in [0.15, 0.2) is 0 Å². The molecule has 0 aliphatic rings. The van der Waals surface area contributed by atoms with Gasteiger partial charge in [-0.3, -0.25) is 14.6 Å². The molecule has 148 valence electrons. The number of aromatic nitrogens is 1. The largest absolute Gasteiger partial charge is 0.497 e. The molecular weight excluding hydrogens is 368 g/mol. The minimum Gasteiger partial charge on any atom is -0.497 e. The van der Waals surface area contributed by atoms with Crippen molar-refractivity contribution in [1.82, 2.24) is 4.98 Å². The van der Waals surface area contributed by atoms with Crippen molar-refractivity contribution < 1.29 is 14.3 Å². The number of carbonyl (C=O) groups excluding carboxylic acids is 2. The summed E-state index contributed by atoms with van der Waals surface area (Å²) < 4.78 is 5.15. The second-order valence-electron chi connectivity index (χ2n) is 6.34. The lowest BCUT2D eigenvalue weighted by atomic mass is 10.2. The first-order valence-electron chi connectivity index (χ1n) is 9.05. The number of anilines is 3. The van der Waals surface area contributed by atoms with Crippen LogP contribution in [0, 0.1) is 0 Å². The summed E-state index contributed by atoms with van der Waals surface area (Å²) in [4.78, 5) is 27.7. The third kappa shape index (κ3) is 5.80. The molecule has 0 bridgehead atoms. The Morgan fingerprint density at radius 3 is 2.17 bits per heavy atom. The maximum Gasteiger partial charge on any atom is 0.274 e. The average molecular weight is 390 g/mol. The molecule has 3 aromatic rings. The molecule has 1 aromatic heterocycles. The van der Waals surface area contributed by atoms with E-state index in [1.165, 1.54) is 6.92 Å². The number of nitrogens with one attached hydrogen (secondary N) is 3. The maximum atomic E-state index is 12.5. The van der Waals surface area contributed by atoms with E-state index in [9.17, 15) is 9.59 Å². The van der Waals surface area contributed by atoms with Crippen molar-refractivity contribution in [3.05, 3.63) is 78.1 Å². The van der Waals surface area contributed by atoms with Crippen LogP contribution >= 0.6 is 0 Å². The molecule has 0 unspecified atom stereocenters. The Balaban J connectivity index is 1.60. The van der Waals surface area contributed by atoms with Gasteiger partial charge in [0.05, 0.1) is 7.11 Å². The summed E-state index contributed by atoms with van der Waals surface area (Å²) in [5, 5.41) is 8.76. The molecule has 1 heterocycles. The Labute approximate surface area is 169 Å². The van der Waals surface area contributed by atoms with E-state index in [-0.39, 0.29) is 11.8 Å². The van der Waals surface area contributed by atoms with Crippen molar-refractivity contribution >= 4 is 28.9 Å². The summed E-state index contributed by atoms with van der Waals surface area (Å²) in [6.45, 7) is 2.05. The molecular formula is C22H22N4O3. The number of nitrogens with zero attached hydrogens (tertiary/aromatic N) is 1. The Hall–Kier alpha value is -3.87. The van der Waals surface area contributed by atoms with Gasteiger partial charge in [0.2, 0.25) is 5.91 Å². The summed E-state index contributed by atoms with van der Waals surface area (Å²) in [5.74, 6) is 0.344. The van der Waals surface area contributed by atoms with Gasteiger partial charge in [0.1, 0.15) is 11.4 Å². The molecule has 7 nitrogen and oxygen atoms in total. The lowest BCUT2D eigenvalue weighted by molar-refractivity contribution is -0.114. The van der Waals surface area contributed by atoms with Crippen molar-refractivity contribution in [1.29, 1.82) is 0 Å². The zero-order chi connectivity index (χ0) is 20.6. The van der Waals surface area contributed by atoms with Gasteiger partial charge in [-0.25, -0.2) is 0 Å². The number of carbonyl (C=O) groups is 2. The van der Waals surface area contributed by atoms with Gasteiger partial charge in [0, 0.05) is 36.7 Å². The number of rotatable bonds is 7. The van der Waals surface area contributed by atoms with E-state index >= 15 is 0 Å². The van der Waals surface area contributed by atoms with Crippen LogP contribution in [0.5, 0.6) is 5.75 Å². The molecule has 0 fully saturated rings. The summed E-state index contributed by atoms with van der Waals surface area (Å²) in [5.41, 5.74) is 3.46. The number of amides is 2. The van der Waals surface area contributed by atoms with Gasteiger partial charge in [-0.1, -0.05) is 12.1 Å². The lowest BCUT2D eigenvalue weighted by Gasteiger charge is -2.10. The topological polar surface area (TPSA) is 92.3 Å². The van der Waals surface area contributed by atoms with Gasteiger partial charge >= 0.3 is 0 Å². The first kappa shape index (κ1) is 19.9. The molecule has 0 aliphatic heterocycles. The second-order valence-corrected chi connectivity index (χ2v) is 6.34. The van der Waals surface area contributed by atoms with Gasteiger partial charge in [0.25, 0.3) is 5.91 Å². The highest BCUT2D eigenvalue weighted by Gasteiger charge is 2.09. The van der Waals surface area contributed by atoms with Gasteiger partial charge in [-0.2, -0.15) is 0 Å². The summed E-state index contributed by atoms with van der Waals surface area (Å²) in [6, 6.07) is 18.1. The first-order chi connectivity index (χ1) is 14.0. The van der Waals surface area contributed by atoms with Gasteiger partial charge in [-0.15, -0.1) is 0 Å². The summed E-state index contributed by atoms with van der Waals surface area (Å²) in [6.07, 6.45) is 1.59. The van der Waals surface area contributed by atoms with E-state index in [1.54, 1.807) is 43.6 Å². The fourth-order valence-corrected chi connectivity index (χ4v) is 2.65. The number of ether oxygens (including phenoxy) is 1. The number of hydrogen-bond donors (Lipinski definition) is 3. The van der Waals surface area contributed by atoms with Crippen molar-refractivity contribution in [2.75, 3.05) is 23.1 Å². The van der Waals surface area contributed by atoms with Crippen LogP contribution in [0.2, 0.25) is 0 Å². The molecule has 7 heteroatoms. The molecule has 0 saturated heterocycles. The lowest BCUT2D eigenvalue weighted by Crippen LogP contribution is -2.14. The molecule has 0 atom stereocenters. The molecule has 3 N–H and O–H groups in total. The molecule has 0 spiro atoms. The molecule has 0 aliphatic carbocycles. The van der Waals surface area contributed by atoms with Crippen LogP contribution in [0.4, 0.5) is 17.1 Å². The SMILES string of the molecule is COc1ccc(CNc2ccnc(C(=O)Nc3ccc(NC(C)=O)cc3)c2)cc1. The van der Waals surface area contributed by atoms with Crippen molar-refractivity contribution in [2.24, 2.45) is 0 Å². The van der Waals surface area contributed by atoms with E-state index in [2.05, 4.69) is 20.9 Å². The third-order valence-corrected chi connectivity index (χ3v) is 4.11. The Morgan fingerprint density at radius 2 is 1.55 bits per heavy atom.